The van der Waals surface area contributed by atoms with Crippen molar-refractivity contribution in [2.24, 2.45) is 28.1 Å². The van der Waals surface area contributed by atoms with E-state index in [2.05, 4.69) is 0 Å². The number of cyclic esters (lactones) is 1. The zero-order chi connectivity index (χ0) is 41.8. The Hall–Kier alpha value is -4.36. The van der Waals surface area contributed by atoms with Gasteiger partial charge >= 0.3 is 35.8 Å². The Morgan fingerprint density at radius 1 is 0.912 bits per heavy atom. The molecule has 18 heteroatoms. The number of furan rings is 1. The van der Waals surface area contributed by atoms with Crippen molar-refractivity contribution < 1.29 is 86.0 Å². The summed E-state index contributed by atoms with van der Waals surface area (Å²) < 4.78 is 62.3. The number of hydrogen-bond donors (Lipinski definition) is 2. The predicted octanol–water partition coefficient (Wildman–Crippen LogP) is 1.48. The molecule has 7 aliphatic rings. The van der Waals surface area contributed by atoms with Crippen LogP contribution in [0.15, 0.2) is 34.7 Å². The molecule has 4 aliphatic carbocycles. The van der Waals surface area contributed by atoms with Gasteiger partial charge in [0.25, 0.3) is 5.97 Å². The number of ether oxygens (including phenoxy) is 9. The number of carbonyl (C=O) groups excluding carboxylic acids is 6. The summed E-state index contributed by atoms with van der Waals surface area (Å²) in [5.41, 5.74) is -15.3. The minimum atomic E-state index is -2.55. The van der Waals surface area contributed by atoms with Crippen LogP contribution in [0.25, 0.3) is 0 Å². The summed E-state index contributed by atoms with van der Waals surface area (Å²) in [6, 6.07) is 1.52. The first-order chi connectivity index (χ1) is 26.4. The second-order valence-electron chi connectivity index (χ2n) is 17.4. The summed E-state index contributed by atoms with van der Waals surface area (Å²) in [6.45, 7) is 12.3. The largest absolute Gasteiger partial charge is 0.472 e. The Morgan fingerprint density at radius 2 is 1.54 bits per heavy atom. The monoisotopic (exact) mass is 802 g/mol. The Kier molecular flexibility index (Phi) is 8.06. The smallest absolute Gasteiger partial charge is 0.335 e. The average molecular weight is 803 g/mol. The molecule has 1 aromatic rings. The van der Waals surface area contributed by atoms with E-state index in [1.165, 1.54) is 32.4 Å². The number of esters is 6. The van der Waals surface area contributed by atoms with E-state index in [0.29, 0.717) is 0 Å². The number of aliphatic hydroxyl groups is 2. The molecule has 15 atom stereocenters. The van der Waals surface area contributed by atoms with Gasteiger partial charge in [0.2, 0.25) is 5.60 Å². The van der Waals surface area contributed by atoms with Crippen LogP contribution in [-0.2, 0) is 71.4 Å². The topological polar surface area (TPSA) is 239 Å². The van der Waals surface area contributed by atoms with Crippen molar-refractivity contribution in [3.8, 4) is 0 Å². The third kappa shape index (κ3) is 4.17. The Balaban J connectivity index is 1.58. The molecule has 1 aromatic heterocycles. The summed E-state index contributed by atoms with van der Waals surface area (Å²) in [6.07, 6.45) is -7.22. The zero-order valence-corrected chi connectivity index (χ0v) is 33.1. The molecular formula is C39H46O18. The van der Waals surface area contributed by atoms with Gasteiger partial charge in [-0.25, -0.2) is 9.59 Å². The van der Waals surface area contributed by atoms with Crippen molar-refractivity contribution in [1.82, 2.24) is 0 Å². The van der Waals surface area contributed by atoms with Crippen LogP contribution in [0, 0.1) is 28.1 Å². The molecule has 1 spiro atoms. The van der Waals surface area contributed by atoms with Gasteiger partial charge in [-0.1, -0.05) is 27.7 Å². The van der Waals surface area contributed by atoms with Crippen LogP contribution in [0.4, 0.5) is 0 Å². The van der Waals surface area contributed by atoms with Gasteiger partial charge in [-0.3, -0.25) is 19.2 Å². The number of aliphatic hydroxyl groups excluding tert-OH is 1. The van der Waals surface area contributed by atoms with E-state index in [9.17, 15) is 39.0 Å². The Labute approximate surface area is 326 Å². The van der Waals surface area contributed by atoms with Gasteiger partial charge in [0.1, 0.15) is 17.8 Å². The first-order valence-corrected chi connectivity index (χ1v) is 18.7. The van der Waals surface area contributed by atoms with Gasteiger partial charge in [-0.05, 0) is 25.0 Å². The van der Waals surface area contributed by atoms with Gasteiger partial charge in [-0.15, -0.1) is 0 Å². The van der Waals surface area contributed by atoms with Crippen LogP contribution in [0.2, 0.25) is 0 Å². The highest BCUT2D eigenvalue weighted by Crippen LogP contribution is 2.88. The summed E-state index contributed by atoms with van der Waals surface area (Å²) in [5, 5.41) is 26.2. The van der Waals surface area contributed by atoms with E-state index in [1.54, 1.807) is 27.7 Å². The van der Waals surface area contributed by atoms with Crippen molar-refractivity contribution in [2.45, 2.75) is 134 Å². The van der Waals surface area contributed by atoms with Gasteiger partial charge in [0, 0.05) is 56.1 Å². The molecule has 0 radical (unpaired) electrons. The minimum absolute atomic E-state index is 0.0324. The molecule has 18 nitrogen and oxygen atoms in total. The highest BCUT2D eigenvalue weighted by molar-refractivity contribution is 5.87. The molecule has 4 heterocycles. The highest BCUT2D eigenvalue weighted by atomic mass is 17.0. The first kappa shape index (κ1) is 39.5. The lowest BCUT2D eigenvalue weighted by molar-refractivity contribution is -0.461. The number of methoxy groups -OCH3 is 1. The third-order valence-corrected chi connectivity index (χ3v) is 14.1. The van der Waals surface area contributed by atoms with Crippen molar-refractivity contribution >= 4 is 35.8 Å². The third-order valence-electron chi connectivity index (χ3n) is 14.1. The van der Waals surface area contributed by atoms with E-state index in [1.807, 2.05) is 0 Å². The molecule has 2 N–H and O–H groups in total. The standard InChI is InChI=1S/C39H46O18/c1-16(2)28(45)54-38-30(52-19(5)42)32(6)15-36(38,47)34(8,24(32)23(44)29(46)48-10)39-27(51-18(4)41)26(50-17(3)40)33(7)21(37(39)31(38)55-35(9,56-37)57-39)13-22(43)53-25(33)20-11-12-49-14-20/h11-14,16,23-27,30-31,44,47H,15H2,1-10H3. The fourth-order valence-corrected chi connectivity index (χ4v) is 12.7. The molecule has 310 valence electrons. The molecular weight excluding hydrogens is 756 g/mol. The van der Waals surface area contributed by atoms with Gasteiger partial charge in [0.15, 0.2) is 35.6 Å². The molecule has 57 heavy (non-hydrogen) atoms. The number of fused-ring (bicyclic) bond motifs is 4. The van der Waals surface area contributed by atoms with E-state index in [-0.39, 0.29) is 11.1 Å². The van der Waals surface area contributed by atoms with Crippen LogP contribution in [0.5, 0.6) is 0 Å². The van der Waals surface area contributed by atoms with Gasteiger partial charge < -0.3 is 57.3 Å². The van der Waals surface area contributed by atoms with Crippen LogP contribution < -0.4 is 0 Å². The molecule has 8 rings (SSSR count). The SMILES string of the molecule is COC(=O)C(O)C1C2(C)CC3(O)C(OC(=O)C(C)C)(C2OC(C)=O)C2OC4(C)OC25C2=CC(=O)OC(c6ccoc6)C2(C)C(OC(C)=O)C(OC(C)=O)C5(O4)C13C. The van der Waals surface area contributed by atoms with Crippen molar-refractivity contribution in [1.29, 1.82) is 0 Å². The number of rotatable bonds is 8. The minimum Gasteiger partial charge on any atom is -0.472 e. The fraction of sp³-hybridized carbons (Fsp3) is 0.692. The normalized spacial score (nSPS) is 47.2. The van der Waals surface area contributed by atoms with E-state index < -0.39 is 135 Å². The Bertz CT molecular complexity index is 2030. The second kappa shape index (κ2) is 11.6. The van der Waals surface area contributed by atoms with Crippen LogP contribution in [0.3, 0.4) is 0 Å². The molecule has 15 unspecified atom stereocenters. The van der Waals surface area contributed by atoms with Gasteiger partial charge in [0.05, 0.1) is 31.0 Å². The maximum Gasteiger partial charge on any atom is 0.335 e. The quantitative estimate of drug-likeness (QED) is 0.279. The zero-order valence-electron chi connectivity index (χ0n) is 33.1. The summed E-state index contributed by atoms with van der Waals surface area (Å²) in [4.78, 5) is 81.9. The van der Waals surface area contributed by atoms with Crippen LogP contribution in [-0.4, -0.2) is 112 Å². The van der Waals surface area contributed by atoms with Crippen LogP contribution in [0.1, 0.15) is 80.4 Å². The molecule has 6 fully saturated rings. The molecule has 0 amide bonds. The fourth-order valence-electron chi connectivity index (χ4n) is 12.7. The molecule has 4 bridgehead atoms. The van der Waals surface area contributed by atoms with Crippen molar-refractivity contribution in [2.75, 3.05) is 7.11 Å². The molecule has 0 aromatic carbocycles. The predicted molar refractivity (Wildman–Crippen MR) is 182 cm³/mol. The van der Waals surface area contributed by atoms with E-state index >= 15 is 0 Å². The lowest BCUT2D eigenvalue weighted by Crippen LogP contribution is -2.96. The lowest BCUT2D eigenvalue weighted by atomic mass is 9.33. The van der Waals surface area contributed by atoms with Gasteiger partial charge in [-0.2, -0.15) is 0 Å². The molecule has 4 saturated carbocycles. The maximum atomic E-state index is 14.2. The average Bonchev–Trinajstić information content (AvgIpc) is 3.88. The number of carbonyl (C=O) groups is 6. The lowest BCUT2D eigenvalue weighted by Gasteiger charge is -2.77. The summed E-state index contributed by atoms with van der Waals surface area (Å²) in [7, 11) is 1.04. The summed E-state index contributed by atoms with van der Waals surface area (Å²) >= 11 is 0. The van der Waals surface area contributed by atoms with Crippen molar-refractivity contribution in [3.63, 3.8) is 0 Å². The van der Waals surface area contributed by atoms with Crippen molar-refractivity contribution in [3.05, 3.63) is 35.8 Å². The summed E-state index contributed by atoms with van der Waals surface area (Å²) in [5.74, 6) is -10.3. The highest BCUT2D eigenvalue weighted by Gasteiger charge is 3.06. The molecule has 2 saturated heterocycles. The first-order valence-electron chi connectivity index (χ1n) is 18.7. The van der Waals surface area contributed by atoms with E-state index in [0.717, 1.165) is 34.0 Å². The number of hydrogen-bond acceptors (Lipinski definition) is 18. The maximum absolute atomic E-state index is 14.2. The van der Waals surface area contributed by atoms with Crippen LogP contribution >= 0.6 is 0 Å². The van der Waals surface area contributed by atoms with E-state index in [4.69, 9.17) is 47.0 Å². The second-order valence-corrected chi connectivity index (χ2v) is 17.4. The molecule has 3 aliphatic heterocycles. The Morgan fingerprint density at radius 3 is 2.11 bits per heavy atom.